The molecule has 0 saturated carbocycles. The molecule has 0 radical (unpaired) electrons. The van der Waals surface area contributed by atoms with E-state index in [9.17, 15) is 9.59 Å². The van der Waals surface area contributed by atoms with E-state index < -0.39 is 6.04 Å². The first-order valence-electron chi connectivity index (χ1n) is 7.44. The van der Waals surface area contributed by atoms with Gasteiger partial charge in [-0.3, -0.25) is 9.59 Å². The van der Waals surface area contributed by atoms with Crippen LogP contribution in [0.5, 0.6) is 0 Å². The van der Waals surface area contributed by atoms with Crippen LogP contribution in [-0.4, -0.2) is 29.6 Å². The van der Waals surface area contributed by atoms with E-state index in [0.29, 0.717) is 11.1 Å². The number of rotatable bonds is 6. The second kappa shape index (κ2) is 8.10. The van der Waals surface area contributed by atoms with E-state index in [0.717, 1.165) is 0 Å². The first-order chi connectivity index (χ1) is 11.1. The van der Waals surface area contributed by atoms with Gasteiger partial charge in [0.15, 0.2) is 0 Å². The fraction of sp³-hybridized carbons (Fsp3) is 0.222. The van der Waals surface area contributed by atoms with Crippen LogP contribution in [0.4, 0.5) is 0 Å². The van der Waals surface area contributed by atoms with Crippen LogP contribution in [0.15, 0.2) is 60.7 Å². The van der Waals surface area contributed by atoms with Crippen molar-refractivity contribution in [2.24, 2.45) is 0 Å². The topological polar surface area (TPSA) is 78.4 Å². The summed E-state index contributed by atoms with van der Waals surface area (Å²) in [7, 11) is 0. The van der Waals surface area contributed by atoms with E-state index in [1.807, 2.05) is 12.1 Å². The van der Waals surface area contributed by atoms with E-state index in [1.165, 1.54) is 0 Å². The average Bonchev–Trinajstić information content (AvgIpc) is 2.60. The van der Waals surface area contributed by atoms with Crippen LogP contribution in [0.1, 0.15) is 28.9 Å². The second-order valence-electron chi connectivity index (χ2n) is 5.28. The van der Waals surface area contributed by atoms with Gasteiger partial charge in [-0.1, -0.05) is 48.5 Å². The zero-order valence-corrected chi connectivity index (χ0v) is 12.9. The lowest BCUT2D eigenvalue weighted by Crippen LogP contribution is -2.44. The summed E-state index contributed by atoms with van der Waals surface area (Å²) in [6.07, 6.45) is 0. The number of aliphatic hydroxyl groups is 1. The van der Waals surface area contributed by atoms with Crippen molar-refractivity contribution in [1.29, 1.82) is 0 Å². The van der Waals surface area contributed by atoms with Gasteiger partial charge in [0, 0.05) is 11.6 Å². The van der Waals surface area contributed by atoms with E-state index in [1.54, 1.807) is 55.5 Å². The van der Waals surface area contributed by atoms with Gasteiger partial charge in [0.1, 0.15) is 6.04 Å². The van der Waals surface area contributed by atoms with E-state index in [4.69, 9.17) is 5.11 Å². The van der Waals surface area contributed by atoms with Gasteiger partial charge in [0.2, 0.25) is 5.91 Å². The van der Waals surface area contributed by atoms with Gasteiger partial charge >= 0.3 is 0 Å². The van der Waals surface area contributed by atoms with Crippen LogP contribution in [0.25, 0.3) is 0 Å². The molecular formula is C18H20N2O3. The lowest BCUT2D eigenvalue weighted by atomic mass is 10.0. The molecule has 0 aliphatic carbocycles. The van der Waals surface area contributed by atoms with Crippen molar-refractivity contribution in [1.82, 2.24) is 10.6 Å². The number of hydrogen-bond donors (Lipinski definition) is 3. The second-order valence-corrected chi connectivity index (χ2v) is 5.28. The lowest BCUT2D eigenvalue weighted by Gasteiger charge is -2.21. The fourth-order valence-electron chi connectivity index (χ4n) is 2.12. The van der Waals surface area contributed by atoms with Crippen molar-refractivity contribution >= 4 is 11.8 Å². The number of benzene rings is 2. The fourth-order valence-corrected chi connectivity index (χ4v) is 2.12. The number of carbonyl (C=O) groups excluding carboxylic acids is 2. The quantitative estimate of drug-likeness (QED) is 0.759. The Hall–Kier alpha value is -2.66. The largest absolute Gasteiger partial charge is 0.394 e. The highest BCUT2D eigenvalue weighted by Crippen LogP contribution is 2.14. The van der Waals surface area contributed by atoms with Gasteiger partial charge in [-0.05, 0) is 24.6 Å². The summed E-state index contributed by atoms with van der Waals surface area (Å²) in [5.41, 5.74) is 1.16. The molecule has 0 saturated heterocycles. The summed E-state index contributed by atoms with van der Waals surface area (Å²) in [5, 5.41) is 14.5. The van der Waals surface area contributed by atoms with Gasteiger partial charge in [-0.25, -0.2) is 0 Å². The highest BCUT2D eigenvalue weighted by atomic mass is 16.3. The van der Waals surface area contributed by atoms with Crippen molar-refractivity contribution < 1.29 is 14.7 Å². The number of aliphatic hydroxyl groups excluding tert-OH is 1. The molecule has 120 valence electrons. The predicted molar refractivity (Wildman–Crippen MR) is 87.8 cm³/mol. The molecule has 2 aromatic rings. The van der Waals surface area contributed by atoms with Crippen LogP contribution < -0.4 is 10.6 Å². The third-order valence-corrected chi connectivity index (χ3v) is 3.37. The molecule has 0 aliphatic rings. The number of nitrogens with one attached hydrogen (secondary N) is 2. The zero-order chi connectivity index (χ0) is 16.7. The molecule has 2 unspecified atom stereocenters. The van der Waals surface area contributed by atoms with Gasteiger partial charge in [0.05, 0.1) is 6.61 Å². The SMILES string of the molecule is CC(CO)NC(=O)C(NC(=O)c1ccccc1)c1ccccc1. The highest BCUT2D eigenvalue weighted by molar-refractivity contribution is 5.97. The summed E-state index contributed by atoms with van der Waals surface area (Å²) >= 11 is 0. The first kappa shape index (κ1) is 16.7. The molecule has 3 N–H and O–H groups in total. The third kappa shape index (κ3) is 4.66. The van der Waals surface area contributed by atoms with Gasteiger partial charge in [0.25, 0.3) is 5.91 Å². The summed E-state index contributed by atoms with van der Waals surface area (Å²) in [5.74, 6) is -0.687. The van der Waals surface area contributed by atoms with Crippen LogP contribution >= 0.6 is 0 Å². The number of carbonyl (C=O) groups is 2. The van der Waals surface area contributed by atoms with Gasteiger partial charge < -0.3 is 15.7 Å². The first-order valence-corrected chi connectivity index (χ1v) is 7.44. The molecule has 5 heteroatoms. The van der Waals surface area contributed by atoms with Crippen molar-refractivity contribution in [3.8, 4) is 0 Å². The Labute approximate surface area is 135 Å². The minimum absolute atomic E-state index is 0.167. The Morgan fingerprint density at radius 3 is 2.09 bits per heavy atom. The molecular weight excluding hydrogens is 292 g/mol. The van der Waals surface area contributed by atoms with Crippen molar-refractivity contribution in [3.63, 3.8) is 0 Å². The molecule has 0 spiro atoms. The zero-order valence-electron chi connectivity index (χ0n) is 12.9. The Balaban J connectivity index is 2.20. The maximum Gasteiger partial charge on any atom is 0.252 e. The molecule has 0 heterocycles. The molecule has 2 amide bonds. The molecule has 2 rings (SSSR count). The Morgan fingerprint density at radius 1 is 0.957 bits per heavy atom. The minimum atomic E-state index is -0.821. The number of hydrogen-bond acceptors (Lipinski definition) is 3. The Kier molecular flexibility index (Phi) is 5.88. The van der Waals surface area contributed by atoms with E-state index in [-0.39, 0.29) is 24.5 Å². The van der Waals surface area contributed by atoms with Crippen LogP contribution in [0.2, 0.25) is 0 Å². The van der Waals surface area contributed by atoms with E-state index in [2.05, 4.69) is 10.6 Å². The minimum Gasteiger partial charge on any atom is -0.394 e. The third-order valence-electron chi connectivity index (χ3n) is 3.37. The smallest absolute Gasteiger partial charge is 0.252 e. The summed E-state index contributed by atoms with van der Waals surface area (Å²) < 4.78 is 0. The monoisotopic (exact) mass is 312 g/mol. The standard InChI is InChI=1S/C18H20N2O3/c1-13(12-21)19-18(23)16(14-8-4-2-5-9-14)20-17(22)15-10-6-3-7-11-15/h2-11,13,16,21H,12H2,1H3,(H,19,23)(H,20,22). The molecule has 23 heavy (non-hydrogen) atoms. The molecule has 0 aliphatic heterocycles. The van der Waals surface area contributed by atoms with Crippen LogP contribution in [0.3, 0.4) is 0 Å². The summed E-state index contributed by atoms with van der Waals surface area (Å²) in [6, 6.07) is 16.5. The molecule has 0 aromatic heterocycles. The normalized spacial score (nSPS) is 13.0. The number of amides is 2. The summed E-state index contributed by atoms with van der Waals surface area (Å²) in [4.78, 5) is 24.8. The predicted octanol–water partition coefficient (Wildman–Crippen LogP) is 1.65. The maximum absolute atomic E-state index is 12.4. The Bertz CT molecular complexity index is 644. The van der Waals surface area contributed by atoms with Crippen molar-refractivity contribution in [2.75, 3.05) is 6.61 Å². The van der Waals surface area contributed by atoms with Crippen LogP contribution in [0, 0.1) is 0 Å². The van der Waals surface area contributed by atoms with Crippen molar-refractivity contribution in [3.05, 3.63) is 71.8 Å². The maximum atomic E-state index is 12.4. The van der Waals surface area contributed by atoms with Crippen molar-refractivity contribution in [2.45, 2.75) is 19.0 Å². The van der Waals surface area contributed by atoms with E-state index >= 15 is 0 Å². The summed E-state index contributed by atoms with van der Waals surface area (Å²) in [6.45, 7) is 1.53. The molecule has 2 atom stereocenters. The molecule has 2 aromatic carbocycles. The molecule has 0 bridgehead atoms. The van der Waals surface area contributed by atoms with Gasteiger partial charge in [-0.2, -0.15) is 0 Å². The average molecular weight is 312 g/mol. The lowest BCUT2D eigenvalue weighted by molar-refractivity contribution is -0.124. The molecule has 5 nitrogen and oxygen atoms in total. The van der Waals surface area contributed by atoms with Crippen LogP contribution in [-0.2, 0) is 4.79 Å². The van der Waals surface area contributed by atoms with Gasteiger partial charge in [-0.15, -0.1) is 0 Å². The molecule has 0 fully saturated rings. The highest BCUT2D eigenvalue weighted by Gasteiger charge is 2.24. The Morgan fingerprint density at radius 2 is 1.52 bits per heavy atom.